The first kappa shape index (κ1) is 24.9. The van der Waals surface area contributed by atoms with E-state index >= 15 is 0 Å². The van der Waals surface area contributed by atoms with Gasteiger partial charge in [0, 0.05) is 23.1 Å². The molecule has 6 nitrogen and oxygen atoms in total. The van der Waals surface area contributed by atoms with E-state index in [0.717, 1.165) is 52.9 Å². The van der Waals surface area contributed by atoms with Gasteiger partial charge in [-0.1, -0.05) is 68.0 Å². The molecule has 5 rings (SSSR count). The van der Waals surface area contributed by atoms with Crippen molar-refractivity contribution in [2.75, 3.05) is 0 Å². The summed E-state index contributed by atoms with van der Waals surface area (Å²) in [6.07, 6.45) is 7.37. The number of benzene rings is 2. The van der Waals surface area contributed by atoms with E-state index in [2.05, 4.69) is 18.2 Å². The number of rotatable bonds is 6. The fraction of sp³-hybridized carbons (Fsp3) is 0.323. The van der Waals surface area contributed by atoms with Gasteiger partial charge in [-0.3, -0.25) is 4.79 Å². The van der Waals surface area contributed by atoms with Crippen molar-refractivity contribution >= 4 is 23.0 Å². The molecule has 1 atom stereocenters. The van der Waals surface area contributed by atoms with E-state index in [1.165, 1.54) is 12.0 Å². The fourth-order valence-corrected chi connectivity index (χ4v) is 5.13. The number of carbonyl (C=O) groups is 2. The molecule has 2 heterocycles. The minimum atomic E-state index is -0.685. The Morgan fingerprint density at radius 3 is 2.41 bits per heavy atom. The van der Waals surface area contributed by atoms with Gasteiger partial charge < -0.3 is 10.5 Å². The average Bonchev–Trinajstić information content (AvgIpc) is 3.29. The van der Waals surface area contributed by atoms with Crippen LogP contribution in [0.2, 0.25) is 0 Å². The predicted molar refractivity (Wildman–Crippen MR) is 146 cm³/mol. The zero-order valence-corrected chi connectivity index (χ0v) is 21.7. The van der Waals surface area contributed by atoms with E-state index in [4.69, 9.17) is 15.6 Å². The monoisotopic (exact) mass is 495 g/mol. The second-order valence-electron chi connectivity index (χ2n) is 10.3. The smallest absolute Gasteiger partial charge is 0.328 e. The van der Waals surface area contributed by atoms with E-state index < -0.39 is 12.0 Å². The van der Waals surface area contributed by atoms with Gasteiger partial charge in [0.15, 0.2) is 0 Å². The zero-order valence-electron chi connectivity index (χ0n) is 21.7. The van der Waals surface area contributed by atoms with Gasteiger partial charge in [0.1, 0.15) is 17.5 Å². The Hall–Kier alpha value is -3.77. The summed E-state index contributed by atoms with van der Waals surface area (Å²) in [5.41, 5.74) is 13.6. The van der Waals surface area contributed by atoms with Gasteiger partial charge in [0.05, 0.1) is 5.69 Å². The third-order valence-electron chi connectivity index (χ3n) is 7.26. The molecule has 0 bridgehead atoms. The fourth-order valence-electron chi connectivity index (χ4n) is 5.13. The normalized spacial score (nSPS) is 16.5. The maximum atomic E-state index is 13.9. The summed E-state index contributed by atoms with van der Waals surface area (Å²) in [5.74, 6) is -0.210. The van der Waals surface area contributed by atoms with Gasteiger partial charge in [-0.15, -0.1) is 0 Å². The molecular formula is C31H33N3O3. The lowest BCUT2D eigenvalue weighted by molar-refractivity contribution is -0.136. The lowest BCUT2D eigenvalue weighted by atomic mass is 9.87. The molecule has 0 unspecified atom stereocenters. The molecule has 0 amide bonds. The van der Waals surface area contributed by atoms with Crippen LogP contribution in [-0.2, 0) is 11.2 Å². The van der Waals surface area contributed by atoms with Gasteiger partial charge in [0.2, 0.25) is 0 Å². The zero-order chi connectivity index (χ0) is 26.1. The standard InChI is InChI=1S/C31H33N3O3/c1-19(2)28(32)31(36)37-24-16-14-22(15-17-24)26-20(3)18-25-27(21-10-6-4-7-11-21)29(33-34(25)30(26)35)23-12-8-5-9-13-23/h5,8-10,12-17,19,28H,4,6-7,11,18,32H2,1-3H3/t28-/m0/s1. The Bertz CT molecular complexity index is 1400. The van der Waals surface area contributed by atoms with Crippen LogP contribution < -0.4 is 10.5 Å². The van der Waals surface area contributed by atoms with Crippen molar-refractivity contribution in [1.82, 2.24) is 9.78 Å². The second-order valence-corrected chi connectivity index (χ2v) is 10.3. The number of aromatic nitrogens is 2. The van der Waals surface area contributed by atoms with E-state index in [1.54, 1.807) is 16.8 Å². The Morgan fingerprint density at radius 1 is 1.03 bits per heavy atom. The van der Waals surface area contributed by atoms with Crippen molar-refractivity contribution in [1.29, 1.82) is 0 Å². The molecule has 0 fully saturated rings. The first-order valence-corrected chi connectivity index (χ1v) is 13.0. The van der Waals surface area contributed by atoms with Crippen LogP contribution in [0.25, 0.3) is 22.4 Å². The predicted octanol–water partition coefficient (Wildman–Crippen LogP) is 6.07. The molecule has 190 valence electrons. The van der Waals surface area contributed by atoms with Crippen LogP contribution in [-0.4, -0.2) is 27.7 Å². The van der Waals surface area contributed by atoms with Crippen molar-refractivity contribution in [3.05, 3.63) is 83.1 Å². The van der Waals surface area contributed by atoms with Crippen LogP contribution in [0, 0.1) is 5.92 Å². The van der Waals surface area contributed by atoms with E-state index in [-0.39, 0.29) is 11.8 Å². The molecule has 1 aromatic heterocycles. The topological polar surface area (TPSA) is 87.2 Å². The summed E-state index contributed by atoms with van der Waals surface area (Å²) in [5, 5.41) is 4.89. The summed E-state index contributed by atoms with van der Waals surface area (Å²) < 4.78 is 7.04. The molecule has 0 saturated carbocycles. The molecule has 1 aliphatic heterocycles. The summed E-state index contributed by atoms with van der Waals surface area (Å²) in [7, 11) is 0. The quantitative estimate of drug-likeness (QED) is 0.331. The van der Waals surface area contributed by atoms with Crippen LogP contribution in [0.5, 0.6) is 5.75 Å². The van der Waals surface area contributed by atoms with Crippen LogP contribution in [0.4, 0.5) is 0 Å². The van der Waals surface area contributed by atoms with Gasteiger partial charge in [-0.05, 0) is 61.8 Å². The van der Waals surface area contributed by atoms with Crippen molar-refractivity contribution in [2.24, 2.45) is 11.7 Å². The second kappa shape index (κ2) is 10.3. The molecule has 0 saturated heterocycles. The first-order valence-electron chi connectivity index (χ1n) is 13.0. The third kappa shape index (κ3) is 4.81. The lowest BCUT2D eigenvalue weighted by Crippen LogP contribution is -2.38. The average molecular weight is 496 g/mol. The van der Waals surface area contributed by atoms with Crippen molar-refractivity contribution in [3.63, 3.8) is 0 Å². The lowest BCUT2D eigenvalue weighted by Gasteiger charge is -2.21. The van der Waals surface area contributed by atoms with Gasteiger partial charge in [-0.2, -0.15) is 9.78 Å². The molecule has 2 aromatic carbocycles. The van der Waals surface area contributed by atoms with Gasteiger partial charge >= 0.3 is 5.97 Å². The van der Waals surface area contributed by atoms with Crippen LogP contribution in [0.1, 0.15) is 68.1 Å². The van der Waals surface area contributed by atoms with Crippen molar-refractivity contribution < 1.29 is 14.3 Å². The molecule has 2 N–H and O–H groups in total. The molecule has 0 spiro atoms. The summed E-state index contributed by atoms with van der Waals surface area (Å²) in [6.45, 7) is 5.77. The molecule has 2 aliphatic rings. The minimum absolute atomic E-state index is 0.0160. The largest absolute Gasteiger partial charge is 0.425 e. The Labute approximate surface area is 217 Å². The van der Waals surface area contributed by atoms with Crippen LogP contribution >= 0.6 is 0 Å². The van der Waals surface area contributed by atoms with E-state index in [0.29, 0.717) is 17.7 Å². The molecule has 1 aliphatic carbocycles. The Morgan fingerprint density at radius 2 is 1.76 bits per heavy atom. The van der Waals surface area contributed by atoms with Crippen LogP contribution in [0.3, 0.4) is 0 Å². The van der Waals surface area contributed by atoms with Crippen molar-refractivity contribution in [2.45, 2.75) is 58.9 Å². The maximum Gasteiger partial charge on any atom is 0.328 e. The van der Waals surface area contributed by atoms with Crippen LogP contribution in [0.15, 0.2) is 66.2 Å². The van der Waals surface area contributed by atoms with Gasteiger partial charge in [-0.25, -0.2) is 4.79 Å². The summed E-state index contributed by atoms with van der Waals surface area (Å²) in [6, 6.07) is 16.5. The number of esters is 1. The molecule has 6 heteroatoms. The first-order chi connectivity index (χ1) is 17.8. The number of allylic oxidation sites excluding steroid dienone is 4. The highest BCUT2D eigenvalue weighted by molar-refractivity contribution is 6.22. The summed E-state index contributed by atoms with van der Waals surface area (Å²) >= 11 is 0. The minimum Gasteiger partial charge on any atom is -0.425 e. The molecule has 0 radical (unpaired) electrons. The maximum absolute atomic E-state index is 13.9. The molecule has 37 heavy (non-hydrogen) atoms. The highest BCUT2D eigenvalue weighted by atomic mass is 16.5. The third-order valence-corrected chi connectivity index (χ3v) is 7.26. The van der Waals surface area contributed by atoms with Crippen molar-refractivity contribution in [3.8, 4) is 17.0 Å². The highest BCUT2D eigenvalue weighted by Crippen LogP contribution is 2.40. The highest BCUT2D eigenvalue weighted by Gasteiger charge is 2.32. The molecular weight excluding hydrogens is 462 g/mol. The Kier molecular flexibility index (Phi) is 6.94. The number of nitrogens with two attached hydrogens (primary N) is 1. The van der Waals surface area contributed by atoms with Gasteiger partial charge in [0.25, 0.3) is 5.91 Å². The summed E-state index contributed by atoms with van der Waals surface area (Å²) in [4.78, 5) is 26.1. The number of fused-ring (bicyclic) bond motifs is 1. The number of hydrogen-bond donors (Lipinski definition) is 1. The van der Waals surface area contributed by atoms with E-state index in [1.807, 2.05) is 51.1 Å². The molecule has 3 aromatic rings. The number of carbonyl (C=O) groups excluding carboxylic acids is 2. The number of nitrogens with zero attached hydrogens (tertiary/aromatic N) is 2. The Balaban J connectivity index is 1.50. The van der Waals surface area contributed by atoms with E-state index in [9.17, 15) is 9.59 Å². The SMILES string of the molecule is CC1=C(c2ccc(OC(=O)[C@@H](N)C(C)C)cc2)C(=O)n2nc(-c3ccccc3)c(C3=CCCCC3)c2C1. The number of ether oxygens (including phenoxy) is 1. The number of hydrogen-bond acceptors (Lipinski definition) is 5.